The fourth-order valence-electron chi connectivity index (χ4n) is 3.38. The summed E-state index contributed by atoms with van der Waals surface area (Å²) in [4.78, 5) is 0. The molecule has 0 spiro atoms. The fraction of sp³-hybridized carbons (Fsp3) is 1.00. The third-order valence-electron chi connectivity index (χ3n) is 3.98. The summed E-state index contributed by atoms with van der Waals surface area (Å²) in [6.07, 6.45) is 0.706. The van der Waals surface area contributed by atoms with Gasteiger partial charge in [0.05, 0.1) is 5.54 Å². The molecule has 2 saturated heterocycles. The van der Waals surface area contributed by atoms with Gasteiger partial charge in [-0.3, -0.25) is 0 Å². The maximum Gasteiger partial charge on any atom is 0.111 e. The molecule has 0 amide bonds. The molecule has 4 atom stereocenters. The van der Waals surface area contributed by atoms with Crippen molar-refractivity contribution in [3.05, 3.63) is 0 Å². The van der Waals surface area contributed by atoms with Crippen LogP contribution in [0.5, 0.6) is 0 Å². The summed E-state index contributed by atoms with van der Waals surface area (Å²) in [5.41, 5.74) is -1.94. The number of rotatable bonds is 1. The Balaban J connectivity index is 2.29. The van der Waals surface area contributed by atoms with E-state index in [1.54, 1.807) is 6.92 Å². The van der Waals surface area contributed by atoms with Crippen molar-refractivity contribution in [3.63, 3.8) is 0 Å². The Labute approximate surface area is 89.2 Å². The molecule has 88 valence electrons. The zero-order chi connectivity index (χ0) is 11.3. The van der Waals surface area contributed by atoms with Crippen LogP contribution in [0.25, 0.3) is 0 Å². The van der Waals surface area contributed by atoms with Crippen molar-refractivity contribution in [2.24, 2.45) is 0 Å². The van der Waals surface area contributed by atoms with E-state index in [1.807, 2.05) is 6.92 Å². The summed E-state index contributed by atoms with van der Waals surface area (Å²) in [7, 11) is 0. The van der Waals surface area contributed by atoms with Gasteiger partial charge in [0.15, 0.2) is 0 Å². The molecular formula is C11H19F2NO. The highest BCUT2D eigenvalue weighted by molar-refractivity contribution is 5.06. The topological polar surface area (TPSA) is 23.5 Å². The van der Waals surface area contributed by atoms with E-state index in [0.717, 1.165) is 0 Å². The monoisotopic (exact) mass is 219 g/mol. The van der Waals surface area contributed by atoms with Gasteiger partial charge in [-0.05, 0) is 32.6 Å². The van der Waals surface area contributed by atoms with Gasteiger partial charge in [-0.1, -0.05) is 6.92 Å². The zero-order valence-electron chi connectivity index (χ0n) is 9.34. The molecule has 15 heavy (non-hydrogen) atoms. The SMILES string of the molecule is CCC12CC(F)CC(CC(C)(F)C1)N2O. The lowest BCUT2D eigenvalue weighted by Gasteiger charge is -2.55. The molecule has 0 aromatic rings. The van der Waals surface area contributed by atoms with Crippen molar-refractivity contribution in [3.8, 4) is 0 Å². The van der Waals surface area contributed by atoms with E-state index in [1.165, 1.54) is 5.06 Å². The highest BCUT2D eigenvalue weighted by Gasteiger charge is 2.55. The van der Waals surface area contributed by atoms with Crippen molar-refractivity contribution in [1.82, 2.24) is 5.06 Å². The number of halogens is 2. The summed E-state index contributed by atoms with van der Waals surface area (Å²) in [6.45, 7) is 3.45. The minimum Gasteiger partial charge on any atom is -0.313 e. The van der Waals surface area contributed by atoms with Gasteiger partial charge in [-0.2, -0.15) is 5.06 Å². The van der Waals surface area contributed by atoms with Gasteiger partial charge in [0, 0.05) is 12.5 Å². The van der Waals surface area contributed by atoms with Crippen molar-refractivity contribution in [1.29, 1.82) is 0 Å². The molecule has 0 radical (unpaired) electrons. The molecule has 4 heteroatoms. The fourth-order valence-corrected chi connectivity index (χ4v) is 3.38. The number of hydrogen-bond donors (Lipinski definition) is 1. The smallest absolute Gasteiger partial charge is 0.111 e. The Morgan fingerprint density at radius 3 is 2.73 bits per heavy atom. The molecule has 2 heterocycles. The van der Waals surface area contributed by atoms with Crippen LogP contribution in [0.1, 0.15) is 46.0 Å². The summed E-state index contributed by atoms with van der Waals surface area (Å²) in [5, 5.41) is 11.2. The quantitative estimate of drug-likeness (QED) is 0.733. The van der Waals surface area contributed by atoms with Crippen LogP contribution in [0.2, 0.25) is 0 Å². The average Bonchev–Trinajstić information content (AvgIpc) is 2.09. The highest BCUT2D eigenvalue weighted by atomic mass is 19.1. The maximum atomic E-state index is 14.1. The van der Waals surface area contributed by atoms with E-state index in [-0.39, 0.29) is 31.7 Å². The molecular weight excluding hydrogens is 200 g/mol. The summed E-state index contributed by atoms with van der Waals surface area (Å²) in [5.74, 6) is 0. The van der Waals surface area contributed by atoms with Crippen LogP contribution in [0.4, 0.5) is 8.78 Å². The van der Waals surface area contributed by atoms with Gasteiger partial charge in [-0.15, -0.1) is 0 Å². The molecule has 0 aliphatic carbocycles. The van der Waals surface area contributed by atoms with Crippen LogP contribution in [-0.4, -0.2) is 33.7 Å². The second-order valence-electron chi connectivity index (χ2n) is 5.41. The first-order valence-corrected chi connectivity index (χ1v) is 5.70. The van der Waals surface area contributed by atoms with E-state index in [9.17, 15) is 14.0 Å². The Hall–Kier alpha value is -0.220. The molecule has 2 aliphatic heterocycles. The number of alkyl halides is 2. The van der Waals surface area contributed by atoms with E-state index in [2.05, 4.69) is 0 Å². The summed E-state index contributed by atoms with van der Waals surface area (Å²) in [6, 6.07) is -0.350. The van der Waals surface area contributed by atoms with Crippen LogP contribution < -0.4 is 0 Å². The van der Waals surface area contributed by atoms with Crippen LogP contribution in [0.3, 0.4) is 0 Å². The molecule has 0 saturated carbocycles. The second kappa shape index (κ2) is 3.39. The van der Waals surface area contributed by atoms with Gasteiger partial charge in [0.1, 0.15) is 11.8 Å². The predicted molar refractivity (Wildman–Crippen MR) is 53.3 cm³/mol. The maximum absolute atomic E-state index is 14.1. The van der Waals surface area contributed by atoms with Gasteiger partial charge in [0.2, 0.25) is 0 Å². The molecule has 0 aromatic heterocycles. The van der Waals surface area contributed by atoms with Gasteiger partial charge >= 0.3 is 0 Å². The standard InChI is InChI=1S/C11H19F2NO/c1-3-11-5-8(12)4-9(14(11)15)6-10(2,13)7-11/h8-9,15H,3-7H2,1-2H3. The highest BCUT2D eigenvalue weighted by Crippen LogP contribution is 2.48. The summed E-state index contributed by atoms with van der Waals surface area (Å²) >= 11 is 0. The lowest BCUT2D eigenvalue weighted by molar-refractivity contribution is -0.270. The molecule has 1 N–H and O–H groups in total. The molecule has 2 aliphatic rings. The number of fused-ring (bicyclic) bond motifs is 2. The molecule has 0 aromatic carbocycles. The lowest BCUT2D eigenvalue weighted by atomic mass is 9.68. The zero-order valence-corrected chi connectivity index (χ0v) is 9.34. The molecule has 2 bridgehead atoms. The van der Waals surface area contributed by atoms with E-state index < -0.39 is 17.4 Å². The normalized spacial score (nSPS) is 51.8. The first-order valence-electron chi connectivity index (χ1n) is 5.70. The molecule has 2 fully saturated rings. The van der Waals surface area contributed by atoms with Crippen LogP contribution in [-0.2, 0) is 0 Å². The Morgan fingerprint density at radius 1 is 1.47 bits per heavy atom. The van der Waals surface area contributed by atoms with Crippen molar-refractivity contribution < 1.29 is 14.0 Å². The minimum absolute atomic E-state index is 0.240. The Bertz CT molecular complexity index is 259. The van der Waals surface area contributed by atoms with Crippen LogP contribution in [0.15, 0.2) is 0 Å². The van der Waals surface area contributed by atoms with Crippen molar-refractivity contribution in [2.75, 3.05) is 0 Å². The third kappa shape index (κ3) is 1.78. The molecule has 4 unspecified atom stereocenters. The number of hydroxylamine groups is 2. The average molecular weight is 219 g/mol. The van der Waals surface area contributed by atoms with Crippen LogP contribution in [0, 0.1) is 0 Å². The van der Waals surface area contributed by atoms with Gasteiger partial charge < -0.3 is 5.21 Å². The number of hydrogen-bond acceptors (Lipinski definition) is 2. The van der Waals surface area contributed by atoms with Crippen LogP contribution >= 0.6 is 0 Å². The first-order chi connectivity index (χ1) is 6.88. The molecule has 2 rings (SSSR count). The van der Waals surface area contributed by atoms with Crippen molar-refractivity contribution >= 4 is 0 Å². The second-order valence-corrected chi connectivity index (χ2v) is 5.41. The summed E-state index contributed by atoms with van der Waals surface area (Å²) < 4.78 is 27.6. The minimum atomic E-state index is -1.26. The van der Waals surface area contributed by atoms with E-state index in [0.29, 0.717) is 6.42 Å². The lowest BCUT2D eigenvalue weighted by Crippen LogP contribution is -2.64. The van der Waals surface area contributed by atoms with E-state index >= 15 is 0 Å². The van der Waals surface area contributed by atoms with Crippen molar-refractivity contribution in [2.45, 2.75) is 69.4 Å². The predicted octanol–water partition coefficient (Wildman–Crippen LogP) is 2.85. The molecule has 2 nitrogen and oxygen atoms in total. The Morgan fingerprint density at radius 2 is 2.13 bits per heavy atom. The third-order valence-corrected chi connectivity index (χ3v) is 3.98. The Kier molecular flexibility index (Phi) is 2.54. The van der Waals surface area contributed by atoms with Gasteiger partial charge in [0.25, 0.3) is 0 Å². The van der Waals surface area contributed by atoms with E-state index in [4.69, 9.17) is 0 Å². The first kappa shape index (κ1) is 11.3. The largest absolute Gasteiger partial charge is 0.313 e. The number of piperidine rings is 2. The van der Waals surface area contributed by atoms with Gasteiger partial charge in [-0.25, -0.2) is 8.78 Å². The number of nitrogens with zero attached hydrogens (tertiary/aromatic N) is 1.